The molecule has 3 aromatic heterocycles. The Morgan fingerprint density at radius 1 is 1.21 bits per heavy atom. The summed E-state index contributed by atoms with van der Waals surface area (Å²) < 4.78 is 7.09. The van der Waals surface area contributed by atoms with Crippen LogP contribution in [0.15, 0.2) is 40.7 Å². The van der Waals surface area contributed by atoms with Gasteiger partial charge in [-0.1, -0.05) is 61.0 Å². The zero-order valence-electron chi connectivity index (χ0n) is 20.7. The molecule has 1 aliphatic rings. The number of ether oxygens (including phenoxy) is 1. The van der Waals surface area contributed by atoms with Crippen LogP contribution in [0.5, 0.6) is 5.75 Å². The quantitative estimate of drug-likeness (QED) is 0.247. The lowest BCUT2D eigenvalue weighted by Crippen LogP contribution is -2.16. The minimum absolute atomic E-state index is 0.0398. The number of nitriles is 1. The molecule has 1 fully saturated rings. The van der Waals surface area contributed by atoms with Crippen molar-refractivity contribution >= 4 is 44.7 Å². The average molecular weight is 548 g/mol. The number of hydrogen-bond donors (Lipinski definition) is 1. The summed E-state index contributed by atoms with van der Waals surface area (Å²) in [6.07, 6.45) is 8.08. The second kappa shape index (κ2) is 11.6. The molecule has 0 saturated heterocycles. The summed E-state index contributed by atoms with van der Waals surface area (Å²) in [6.45, 7) is 2.10. The Morgan fingerprint density at radius 3 is 2.74 bits per heavy atom. The van der Waals surface area contributed by atoms with Crippen molar-refractivity contribution in [3.8, 4) is 11.8 Å². The molecule has 1 amide bonds. The van der Waals surface area contributed by atoms with Crippen LogP contribution < -0.4 is 15.6 Å². The van der Waals surface area contributed by atoms with Gasteiger partial charge in [-0.3, -0.25) is 14.9 Å². The van der Waals surface area contributed by atoms with Gasteiger partial charge in [-0.25, -0.2) is 4.98 Å². The zero-order chi connectivity index (χ0) is 26.5. The predicted octanol–water partition coefficient (Wildman–Crippen LogP) is 4.74. The summed E-state index contributed by atoms with van der Waals surface area (Å²) in [7, 11) is 0. The van der Waals surface area contributed by atoms with Gasteiger partial charge in [-0.2, -0.15) is 14.9 Å². The van der Waals surface area contributed by atoms with E-state index in [2.05, 4.69) is 25.6 Å². The van der Waals surface area contributed by atoms with Gasteiger partial charge in [-0.15, -0.1) is 10.2 Å². The maximum Gasteiger partial charge on any atom is 0.275 e. The van der Waals surface area contributed by atoms with Crippen molar-refractivity contribution in [1.82, 2.24) is 24.8 Å². The molecule has 5 rings (SSSR count). The highest BCUT2D eigenvalue weighted by Gasteiger charge is 2.21. The number of nitrogens with one attached hydrogen (secondary N) is 1. The minimum Gasteiger partial charge on any atom is -0.487 e. The number of rotatable bonds is 8. The monoisotopic (exact) mass is 547 g/mol. The number of carbonyl (C=O) groups is 1. The Morgan fingerprint density at radius 2 is 2.00 bits per heavy atom. The molecule has 0 unspecified atom stereocenters. The number of aryl methyl sites for hydroxylation is 1. The fraction of sp³-hybridized carbons (Fsp3) is 0.346. The Balaban J connectivity index is 1.20. The Labute approximate surface area is 226 Å². The number of anilines is 1. The second-order valence-corrected chi connectivity index (χ2v) is 10.9. The molecule has 0 radical (unpaired) electrons. The zero-order valence-corrected chi connectivity index (χ0v) is 22.3. The topological polar surface area (TPSA) is 135 Å². The van der Waals surface area contributed by atoms with Crippen LogP contribution in [-0.4, -0.2) is 30.7 Å². The van der Waals surface area contributed by atoms with Crippen molar-refractivity contribution in [3.05, 3.63) is 67.5 Å². The number of aromatic nitrogens is 5. The van der Waals surface area contributed by atoms with Gasteiger partial charge in [-0.05, 0) is 43.0 Å². The lowest BCUT2D eigenvalue weighted by molar-refractivity contribution is -0.112. The van der Waals surface area contributed by atoms with Gasteiger partial charge in [0.05, 0.1) is 5.69 Å². The summed E-state index contributed by atoms with van der Waals surface area (Å²) in [4.78, 5) is 30.0. The molecule has 3 heterocycles. The molecule has 4 aromatic rings. The molecular formula is C26H25N7O3S2. The van der Waals surface area contributed by atoms with E-state index in [1.54, 1.807) is 24.3 Å². The van der Waals surface area contributed by atoms with E-state index in [0.717, 1.165) is 29.3 Å². The van der Waals surface area contributed by atoms with Gasteiger partial charge >= 0.3 is 0 Å². The third kappa shape index (κ3) is 5.95. The van der Waals surface area contributed by atoms with Gasteiger partial charge in [0.2, 0.25) is 10.1 Å². The number of hydrogen-bond acceptors (Lipinski definition) is 10. The molecule has 194 valence electrons. The van der Waals surface area contributed by atoms with Crippen molar-refractivity contribution in [1.29, 1.82) is 5.26 Å². The number of nitrogens with zero attached hydrogens (tertiary/aromatic N) is 6. The third-order valence-electron chi connectivity index (χ3n) is 6.20. The fourth-order valence-electron chi connectivity index (χ4n) is 4.21. The van der Waals surface area contributed by atoms with Crippen molar-refractivity contribution in [2.24, 2.45) is 0 Å². The van der Waals surface area contributed by atoms with Gasteiger partial charge in [0.25, 0.3) is 11.5 Å². The number of amides is 1. The number of carbonyl (C=O) groups excluding carboxylic acids is 1. The molecule has 0 atom stereocenters. The van der Waals surface area contributed by atoms with E-state index < -0.39 is 5.91 Å². The molecule has 12 heteroatoms. The molecule has 38 heavy (non-hydrogen) atoms. The van der Waals surface area contributed by atoms with Gasteiger partial charge in [0, 0.05) is 12.0 Å². The molecule has 1 N–H and O–H groups in total. The summed E-state index contributed by atoms with van der Waals surface area (Å²) in [5.41, 5.74) is 0.893. The average Bonchev–Trinajstić information content (AvgIpc) is 3.59. The molecule has 1 saturated carbocycles. The number of fused-ring (bicyclic) bond motifs is 1. The van der Waals surface area contributed by atoms with E-state index in [0.29, 0.717) is 33.0 Å². The maximum atomic E-state index is 12.7. The highest BCUT2D eigenvalue weighted by atomic mass is 32.1. The molecular weight excluding hydrogens is 522 g/mol. The van der Waals surface area contributed by atoms with Crippen molar-refractivity contribution in [3.63, 3.8) is 0 Å². The molecule has 1 aliphatic carbocycles. The molecule has 10 nitrogen and oxygen atoms in total. The van der Waals surface area contributed by atoms with E-state index in [1.165, 1.54) is 58.6 Å². The summed E-state index contributed by atoms with van der Waals surface area (Å²) in [5.74, 6) is 0.441. The van der Waals surface area contributed by atoms with E-state index in [4.69, 9.17) is 4.74 Å². The lowest BCUT2D eigenvalue weighted by Gasteiger charge is -2.18. The van der Waals surface area contributed by atoms with Crippen LogP contribution in [0.2, 0.25) is 0 Å². The second-order valence-electron chi connectivity index (χ2n) is 8.89. The largest absolute Gasteiger partial charge is 0.487 e. The standard InChI is InChI=1S/C26H25N7O3S2/c1-2-21-32-33-22(34)13-19(28-26(33)37-21)15-36-20-10-8-16(9-11-20)12-18(14-27)23(35)29-25-31-30-24(38-25)17-6-4-3-5-7-17/h8-13,17H,2-7,15H2,1H3,(H,29,31,35). The van der Waals surface area contributed by atoms with Crippen LogP contribution in [0, 0.1) is 11.3 Å². The van der Waals surface area contributed by atoms with E-state index in [1.807, 2.05) is 13.0 Å². The van der Waals surface area contributed by atoms with Gasteiger partial charge in [0.15, 0.2) is 0 Å². The number of benzene rings is 1. The Hall–Kier alpha value is -3.95. The van der Waals surface area contributed by atoms with E-state index in [9.17, 15) is 14.9 Å². The van der Waals surface area contributed by atoms with Crippen LogP contribution >= 0.6 is 22.7 Å². The van der Waals surface area contributed by atoms with Crippen LogP contribution in [-0.2, 0) is 17.8 Å². The van der Waals surface area contributed by atoms with Crippen LogP contribution in [0.4, 0.5) is 5.13 Å². The fourth-order valence-corrected chi connectivity index (χ4v) is 5.97. The highest BCUT2D eigenvalue weighted by Crippen LogP contribution is 2.35. The molecule has 0 bridgehead atoms. The summed E-state index contributed by atoms with van der Waals surface area (Å²) in [5, 5.41) is 27.0. The molecule has 1 aromatic carbocycles. The third-order valence-corrected chi connectivity index (χ3v) is 8.25. The van der Waals surface area contributed by atoms with Crippen molar-refractivity contribution in [2.75, 3.05) is 5.32 Å². The Bertz CT molecular complexity index is 1570. The first-order valence-corrected chi connectivity index (χ1v) is 14.0. The van der Waals surface area contributed by atoms with Crippen LogP contribution in [0.1, 0.15) is 66.2 Å². The predicted molar refractivity (Wildman–Crippen MR) is 145 cm³/mol. The first kappa shape index (κ1) is 25.7. The maximum absolute atomic E-state index is 12.7. The Kier molecular flexibility index (Phi) is 7.86. The summed E-state index contributed by atoms with van der Waals surface area (Å²) >= 11 is 2.76. The smallest absolute Gasteiger partial charge is 0.275 e. The first-order chi connectivity index (χ1) is 18.5. The first-order valence-electron chi connectivity index (χ1n) is 12.4. The summed E-state index contributed by atoms with van der Waals surface area (Å²) in [6, 6.07) is 10.3. The van der Waals surface area contributed by atoms with Crippen molar-refractivity contribution in [2.45, 2.75) is 58.0 Å². The van der Waals surface area contributed by atoms with Gasteiger partial charge < -0.3 is 4.74 Å². The highest BCUT2D eigenvalue weighted by molar-refractivity contribution is 7.16. The van der Waals surface area contributed by atoms with Crippen LogP contribution in [0.25, 0.3) is 11.0 Å². The lowest BCUT2D eigenvalue weighted by atomic mass is 9.90. The SMILES string of the molecule is CCc1nn2c(=O)cc(COc3ccc(C=C(C#N)C(=O)Nc4nnc(C5CCCCC5)s4)cc3)nc2s1. The molecule has 0 aliphatic heterocycles. The van der Waals surface area contributed by atoms with E-state index >= 15 is 0 Å². The van der Waals surface area contributed by atoms with E-state index in [-0.39, 0.29) is 17.7 Å². The normalized spacial score (nSPS) is 14.4. The van der Waals surface area contributed by atoms with Crippen LogP contribution in [0.3, 0.4) is 0 Å². The van der Waals surface area contributed by atoms with Crippen molar-refractivity contribution < 1.29 is 9.53 Å². The molecule has 0 spiro atoms. The minimum atomic E-state index is -0.527. The van der Waals surface area contributed by atoms with Gasteiger partial charge in [0.1, 0.15) is 34.0 Å².